The summed E-state index contributed by atoms with van der Waals surface area (Å²) < 4.78 is 0. The minimum Gasteiger partial charge on any atom is -0.341 e. The molecule has 2 aromatic carbocycles. The first-order valence-electron chi connectivity index (χ1n) is 7.54. The van der Waals surface area contributed by atoms with Crippen LogP contribution in [-0.2, 0) is 12.8 Å². The smallest absolute Gasteiger partial charge is 0.0459 e. The van der Waals surface area contributed by atoms with Gasteiger partial charge in [-0.3, -0.25) is 0 Å². The molecule has 2 nitrogen and oxygen atoms in total. The molecule has 0 saturated carbocycles. The summed E-state index contributed by atoms with van der Waals surface area (Å²) >= 11 is 6.44. The van der Waals surface area contributed by atoms with Crippen molar-refractivity contribution in [1.82, 2.24) is 0 Å². The standard InChI is InChI=1S/C18H21ClN2/c1-13(20)11-15-8-9-16(12-17(15)19)21-10-4-6-14-5-2-3-7-18(14)21/h2-3,5,7-9,12-13H,4,6,10-11,20H2,1H3. The normalized spacial score (nSPS) is 15.7. The van der Waals surface area contributed by atoms with Gasteiger partial charge in [-0.1, -0.05) is 35.9 Å². The Morgan fingerprint density at radius 1 is 1.24 bits per heavy atom. The van der Waals surface area contributed by atoms with E-state index in [2.05, 4.69) is 47.4 Å². The quantitative estimate of drug-likeness (QED) is 0.915. The fraction of sp³-hybridized carbons (Fsp3) is 0.333. The van der Waals surface area contributed by atoms with Crippen LogP contribution in [0.25, 0.3) is 0 Å². The number of aryl methyl sites for hydroxylation is 1. The molecule has 0 spiro atoms. The molecule has 2 aromatic rings. The Bertz CT molecular complexity index is 637. The van der Waals surface area contributed by atoms with Gasteiger partial charge >= 0.3 is 0 Å². The van der Waals surface area contributed by atoms with E-state index in [1.54, 1.807) is 0 Å². The van der Waals surface area contributed by atoms with Crippen molar-refractivity contribution in [3.05, 3.63) is 58.6 Å². The second-order valence-electron chi connectivity index (χ2n) is 5.84. The number of anilines is 2. The van der Waals surface area contributed by atoms with Crippen molar-refractivity contribution in [1.29, 1.82) is 0 Å². The van der Waals surface area contributed by atoms with Gasteiger partial charge in [0.2, 0.25) is 0 Å². The summed E-state index contributed by atoms with van der Waals surface area (Å²) in [6.07, 6.45) is 3.15. The van der Waals surface area contributed by atoms with Crippen molar-refractivity contribution in [2.24, 2.45) is 5.73 Å². The number of para-hydroxylation sites is 1. The molecule has 0 bridgehead atoms. The Balaban J connectivity index is 1.93. The summed E-state index contributed by atoms with van der Waals surface area (Å²) in [7, 11) is 0. The molecule has 2 N–H and O–H groups in total. The van der Waals surface area contributed by atoms with E-state index in [9.17, 15) is 0 Å². The number of hydrogen-bond acceptors (Lipinski definition) is 2. The average molecular weight is 301 g/mol. The monoisotopic (exact) mass is 300 g/mol. The largest absolute Gasteiger partial charge is 0.341 e. The van der Waals surface area contributed by atoms with E-state index >= 15 is 0 Å². The van der Waals surface area contributed by atoms with Crippen LogP contribution in [0.1, 0.15) is 24.5 Å². The molecule has 0 saturated heterocycles. The number of rotatable bonds is 3. The van der Waals surface area contributed by atoms with Crippen LogP contribution in [0.15, 0.2) is 42.5 Å². The fourth-order valence-corrected chi connectivity index (χ4v) is 3.27. The van der Waals surface area contributed by atoms with Gasteiger partial charge in [-0.25, -0.2) is 0 Å². The van der Waals surface area contributed by atoms with Gasteiger partial charge in [-0.2, -0.15) is 0 Å². The highest BCUT2D eigenvalue weighted by Gasteiger charge is 2.18. The number of fused-ring (bicyclic) bond motifs is 1. The predicted molar refractivity (Wildman–Crippen MR) is 90.6 cm³/mol. The van der Waals surface area contributed by atoms with Crippen molar-refractivity contribution in [2.45, 2.75) is 32.2 Å². The van der Waals surface area contributed by atoms with Gasteiger partial charge < -0.3 is 10.6 Å². The van der Waals surface area contributed by atoms with Crippen molar-refractivity contribution in [3.8, 4) is 0 Å². The van der Waals surface area contributed by atoms with Crippen LogP contribution < -0.4 is 10.6 Å². The molecule has 0 radical (unpaired) electrons. The Kier molecular flexibility index (Phi) is 4.18. The third-order valence-corrected chi connectivity index (χ3v) is 4.35. The summed E-state index contributed by atoms with van der Waals surface area (Å²) in [5.41, 5.74) is 10.9. The zero-order valence-electron chi connectivity index (χ0n) is 12.3. The molecule has 1 heterocycles. The van der Waals surface area contributed by atoms with Crippen molar-refractivity contribution in [3.63, 3.8) is 0 Å². The highest BCUT2D eigenvalue weighted by molar-refractivity contribution is 6.31. The molecule has 0 aromatic heterocycles. The summed E-state index contributed by atoms with van der Waals surface area (Å²) in [4.78, 5) is 2.36. The number of nitrogens with two attached hydrogens (primary N) is 1. The fourth-order valence-electron chi connectivity index (χ4n) is 3.02. The summed E-state index contributed by atoms with van der Waals surface area (Å²) in [5.74, 6) is 0. The highest BCUT2D eigenvalue weighted by Crippen LogP contribution is 2.35. The molecule has 3 rings (SSSR count). The predicted octanol–water partition coefficient (Wildman–Crippen LogP) is 4.31. The SMILES string of the molecule is CC(N)Cc1ccc(N2CCCc3ccccc32)cc1Cl. The van der Waals surface area contributed by atoms with Crippen molar-refractivity contribution >= 4 is 23.0 Å². The molecule has 3 heteroatoms. The maximum atomic E-state index is 6.44. The van der Waals surface area contributed by atoms with Crippen LogP contribution in [0.3, 0.4) is 0 Å². The molecule has 0 aliphatic carbocycles. The van der Waals surface area contributed by atoms with E-state index in [0.717, 1.165) is 30.0 Å². The molecule has 1 unspecified atom stereocenters. The summed E-state index contributed by atoms with van der Waals surface area (Å²) in [6, 6.07) is 15.1. The Morgan fingerprint density at radius 3 is 2.81 bits per heavy atom. The van der Waals surface area contributed by atoms with Gasteiger partial charge in [0.1, 0.15) is 0 Å². The lowest BCUT2D eigenvalue weighted by Crippen LogP contribution is -2.24. The minimum absolute atomic E-state index is 0.129. The maximum absolute atomic E-state index is 6.44. The van der Waals surface area contributed by atoms with Gasteiger partial charge in [-0.15, -0.1) is 0 Å². The van der Waals surface area contributed by atoms with Crippen LogP contribution in [-0.4, -0.2) is 12.6 Å². The zero-order chi connectivity index (χ0) is 14.8. The van der Waals surface area contributed by atoms with Gasteiger partial charge in [0.05, 0.1) is 0 Å². The Labute approximate surface area is 131 Å². The highest BCUT2D eigenvalue weighted by atomic mass is 35.5. The number of hydrogen-bond donors (Lipinski definition) is 1. The molecule has 1 aliphatic heterocycles. The van der Waals surface area contributed by atoms with Crippen molar-refractivity contribution < 1.29 is 0 Å². The Hall–Kier alpha value is -1.51. The number of halogens is 1. The van der Waals surface area contributed by atoms with E-state index in [-0.39, 0.29) is 6.04 Å². The lowest BCUT2D eigenvalue weighted by atomic mass is 10.0. The zero-order valence-corrected chi connectivity index (χ0v) is 13.1. The van der Waals surface area contributed by atoms with Crippen LogP contribution in [0.5, 0.6) is 0 Å². The first kappa shape index (κ1) is 14.4. The van der Waals surface area contributed by atoms with Gasteiger partial charge in [-0.05, 0) is 55.5 Å². The topological polar surface area (TPSA) is 29.3 Å². The van der Waals surface area contributed by atoms with Crippen LogP contribution in [0, 0.1) is 0 Å². The van der Waals surface area contributed by atoms with Crippen LogP contribution in [0.4, 0.5) is 11.4 Å². The first-order valence-corrected chi connectivity index (χ1v) is 7.92. The molecule has 21 heavy (non-hydrogen) atoms. The first-order chi connectivity index (χ1) is 10.1. The average Bonchev–Trinajstić information content (AvgIpc) is 2.48. The molecule has 0 fully saturated rings. The van der Waals surface area contributed by atoms with Gasteiger partial charge in [0, 0.05) is 29.0 Å². The van der Waals surface area contributed by atoms with E-state index in [4.69, 9.17) is 17.3 Å². The molecule has 1 atom stereocenters. The molecule has 0 amide bonds. The van der Waals surface area contributed by atoms with Crippen molar-refractivity contribution in [2.75, 3.05) is 11.4 Å². The molecular weight excluding hydrogens is 280 g/mol. The summed E-state index contributed by atoms with van der Waals surface area (Å²) in [5, 5.41) is 0.813. The summed E-state index contributed by atoms with van der Waals surface area (Å²) in [6.45, 7) is 3.05. The van der Waals surface area contributed by atoms with E-state index < -0.39 is 0 Å². The third-order valence-electron chi connectivity index (χ3n) is 4.00. The van der Waals surface area contributed by atoms with Gasteiger partial charge in [0.15, 0.2) is 0 Å². The lowest BCUT2D eigenvalue weighted by molar-refractivity contribution is 0.737. The second kappa shape index (κ2) is 6.08. The molecular formula is C18H21ClN2. The maximum Gasteiger partial charge on any atom is 0.0459 e. The number of benzene rings is 2. The molecule has 1 aliphatic rings. The van der Waals surface area contributed by atoms with Gasteiger partial charge in [0.25, 0.3) is 0 Å². The van der Waals surface area contributed by atoms with Crippen LogP contribution in [0.2, 0.25) is 5.02 Å². The van der Waals surface area contributed by atoms with E-state index in [1.165, 1.54) is 23.4 Å². The second-order valence-corrected chi connectivity index (χ2v) is 6.25. The lowest BCUT2D eigenvalue weighted by Gasteiger charge is -2.31. The third kappa shape index (κ3) is 3.07. The molecule has 110 valence electrons. The Morgan fingerprint density at radius 2 is 2.05 bits per heavy atom. The minimum atomic E-state index is 0.129. The van der Waals surface area contributed by atoms with E-state index in [1.807, 2.05) is 6.92 Å². The number of nitrogens with zero attached hydrogens (tertiary/aromatic N) is 1. The van der Waals surface area contributed by atoms with Crippen LogP contribution >= 0.6 is 11.6 Å². The van der Waals surface area contributed by atoms with E-state index in [0.29, 0.717) is 0 Å².